The molecule has 0 spiro atoms. The Hall–Kier alpha value is -0.900. The Morgan fingerprint density at radius 3 is 2.46 bits per heavy atom. The first-order valence-corrected chi connectivity index (χ1v) is 4.62. The molecule has 0 radical (unpaired) electrons. The van der Waals surface area contributed by atoms with Gasteiger partial charge in [0, 0.05) is 18.5 Å². The van der Waals surface area contributed by atoms with Gasteiger partial charge in [0.2, 0.25) is 5.89 Å². The first-order valence-electron chi connectivity index (χ1n) is 4.62. The summed E-state index contributed by atoms with van der Waals surface area (Å²) in [4.78, 5) is 4.39. The van der Waals surface area contributed by atoms with Gasteiger partial charge in [0.1, 0.15) is 0 Å². The Morgan fingerprint density at radius 2 is 2.08 bits per heavy atom. The van der Waals surface area contributed by atoms with E-state index in [4.69, 9.17) is 4.52 Å². The lowest BCUT2D eigenvalue weighted by molar-refractivity contribution is 0.303. The van der Waals surface area contributed by atoms with Crippen LogP contribution in [0.4, 0.5) is 0 Å². The van der Waals surface area contributed by atoms with Crippen LogP contribution in [0.1, 0.15) is 38.4 Å². The molecule has 0 aliphatic carbocycles. The third-order valence-corrected chi connectivity index (χ3v) is 2.24. The fourth-order valence-corrected chi connectivity index (χ4v) is 1.17. The predicted octanol–water partition coefficient (Wildman–Crippen LogP) is 1.05. The Kier molecular flexibility index (Phi) is 1.87. The van der Waals surface area contributed by atoms with Crippen LogP contribution in [0.5, 0.6) is 0 Å². The highest BCUT2D eigenvalue weighted by atomic mass is 16.5. The van der Waals surface area contributed by atoms with Gasteiger partial charge < -0.3 is 9.84 Å². The SMILES string of the molecule is CC(C)(C)c1noc(C2CNC2)n1. The topological polar surface area (TPSA) is 51.0 Å². The monoisotopic (exact) mass is 181 g/mol. The number of nitrogens with one attached hydrogen (secondary N) is 1. The van der Waals surface area contributed by atoms with Crippen molar-refractivity contribution in [1.82, 2.24) is 15.5 Å². The Balaban J connectivity index is 2.17. The third kappa shape index (κ3) is 1.58. The molecule has 13 heavy (non-hydrogen) atoms. The zero-order valence-electron chi connectivity index (χ0n) is 8.29. The van der Waals surface area contributed by atoms with E-state index in [1.54, 1.807) is 0 Å². The van der Waals surface area contributed by atoms with Crippen molar-refractivity contribution >= 4 is 0 Å². The van der Waals surface area contributed by atoms with Crippen LogP contribution in [0, 0.1) is 0 Å². The van der Waals surface area contributed by atoms with Gasteiger partial charge in [-0.15, -0.1) is 0 Å². The van der Waals surface area contributed by atoms with E-state index in [-0.39, 0.29) is 5.41 Å². The summed E-state index contributed by atoms with van der Waals surface area (Å²) in [5.41, 5.74) is -0.0150. The van der Waals surface area contributed by atoms with E-state index in [2.05, 4.69) is 36.2 Å². The van der Waals surface area contributed by atoms with E-state index in [0.717, 1.165) is 24.8 Å². The summed E-state index contributed by atoms with van der Waals surface area (Å²) in [6, 6.07) is 0. The molecule has 1 fully saturated rings. The van der Waals surface area contributed by atoms with Gasteiger partial charge in [0.15, 0.2) is 5.82 Å². The van der Waals surface area contributed by atoms with Crippen molar-refractivity contribution in [3.05, 3.63) is 11.7 Å². The zero-order chi connectivity index (χ0) is 9.47. The first kappa shape index (κ1) is 8.69. The first-order chi connectivity index (χ1) is 6.07. The molecule has 4 nitrogen and oxygen atoms in total. The summed E-state index contributed by atoms with van der Waals surface area (Å²) in [5.74, 6) is 2.02. The maximum atomic E-state index is 5.19. The van der Waals surface area contributed by atoms with Crippen molar-refractivity contribution in [2.75, 3.05) is 13.1 Å². The zero-order valence-corrected chi connectivity index (χ0v) is 8.29. The van der Waals surface area contributed by atoms with Crippen LogP contribution in [-0.2, 0) is 5.41 Å². The number of nitrogens with zero attached hydrogens (tertiary/aromatic N) is 2. The van der Waals surface area contributed by atoms with E-state index < -0.39 is 0 Å². The van der Waals surface area contributed by atoms with Crippen molar-refractivity contribution in [3.63, 3.8) is 0 Å². The molecule has 0 atom stereocenters. The number of hydrogen-bond donors (Lipinski definition) is 1. The maximum Gasteiger partial charge on any atom is 0.232 e. The molecular formula is C9H15N3O. The summed E-state index contributed by atoms with van der Waals surface area (Å²) in [7, 11) is 0. The molecule has 0 unspecified atom stereocenters. The van der Waals surface area contributed by atoms with Crippen LogP contribution in [0.15, 0.2) is 4.52 Å². The average molecular weight is 181 g/mol. The lowest BCUT2D eigenvalue weighted by Crippen LogP contribution is -2.40. The summed E-state index contributed by atoms with van der Waals surface area (Å²) in [5, 5.41) is 7.16. The van der Waals surface area contributed by atoms with E-state index >= 15 is 0 Å². The van der Waals surface area contributed by atoms with Crippen molar-refractivity contribution in [3.8, 4) is 0 Å². The van der Waals surface area contributed by atoms with Gasteiger partial charge in [-0.2, -0.15) is 4.98 Å². The molecule has 1 saturated heterocycles. The van der Waals surface area contributed by atoms with E-state index in [0.29, 0.717) is 5.92 Å². The molecule has 2 rings (SSSR count). The van der Waals surface area contributed by atoms with E-state index in [9.17, 15) is 0 Å². The smallest absolute Gasteiger partial charge is 0.232 e. The molecule has 1 aromatic rings. The highest BCUT2D eigenvalue weighted by Gasteiger charge is 2.28. The minimum atomic E-state index is -0.0150. The number of aromatic nitrogens is 2. The lowest BCUT2D eigenvalue weighted by Gasteiger charge is -2.22. The van der Waals surface area contributed by atoms with Crippen LogP contribution in [0.2, 0.25) is 0 Å². The fourth-order valence-electron chi connectivity index (χ4n) is 1.17. The van der Waals surface area contributed by atoms with E-state index in [1.807, 2.05) is 0 Å². The van der Waals surface area contributed by atoms with Crippen molar-refractivity contribution in [2.45, 2.75) is 32.1 Å². The fraction of sp³-hybridized carbons (Fsp3) is 0.778. The van der Waals surface area contributed by atoms with Gasteiger partial charge in [-0.3, -0.25) is 0 Å². The summed E-state index contributed by atoms with van der Waals surface area (Å²) < 4.78 is 5.19. The highest BCUT2D eigenvalue weighted by Crippen LogP contribution is 2.23. The van der Waals surface area contributed by atoms with Gasteiger partial charge in [-0.25, -0.2) is 0 Å². The number of hydrogen-bond acceptors (Lipinski definition) is 4. The molecule has 0 aromatic carbocycles. The number of rotatable bonds is 1. The molecule has 0 bridgehead atoms. The molecule has 1 N–H and O–H groups in total. The van der Waals surface area contributed by atoms with Gasteiger partial charge >= 0.3 is 0 Å². The van der Waals surface area contributed by atoms with Gasteiger partial charge in [-0.1, -0.05) is 25.9 Å². The Morgan fingerprint density at radius 1 is 1.38 bits per heavy atom. The third-order valence-electron chi connectivity index (χ3n) is 2.24. The predicted molar refractivity (Wildman–Crippen MR) is 48.6 cm³/mol. The van der Waals surface area contributed by atoms with Crippen molar-refractivity contribution < 1.29 is 4.52 Å². The molecule has 1 aliphatic heterocycles. The minimum Gasteiger partial charge on any atom is -0.339 e. The summed E-state index contributed by atoms with van der Waals surface area (Å²) >= 11 is 0. The summed E-state index contributed by atoms with van der Waals surface area (Å²) in [6.45, 7) is 8.18. The summed E-state index contributed by atoms with van der Waals surface area (Å²) in [6.07, 6.45) is 0. The highest BCUT2D eigenvalue weighted by molar-refractivity contribution is 5.05. The molecule has 1 aromatic heterocycles. The van der Waals surface area contributed by atoms with Crippen LogP contribution in [0.3, 0.4) is 0 Å². The van der Waals surface area contributed by atoms with Crippen LogP contribution in [0.25, 0.3) is 0 Å². The maximum absolute atomic E-state index is 5.19. The van der Waals surface area contributed by atoms with E-state index in [1.165, 1.54) is 0 Å². The Bertz CT molecular complexity index is 296. The van der Waals surface area contributed by atoms with Crippen LogP contribution < -0.4 is 5.32 Å². The quantitative estimate of drug-likeness (QED) is 0.703. The average Bonchev–Trinajstić information content (AvgIpc) is 2.29. The standard InChI is InChI=1S/C9H15N3O/c1-9(2,3)8-11-7(13-12-8)6-4-10-5-6/h6,10H,4-5H2,1-3H3. The molecule has 0 amide bonds. The molecule has 4 heteroatoms. The lowest BCUT2D eigenvalue weighted by atomic mass is 9.96. The van der Waals surface area contributed by atoms with Crippen LogP contribution >= 0.6 is 0 Å². The molecular weight excluding hydrogens is 166 g/mol. The van der Waals surface area contributed by atoms with Gasteiger partial charge in [0.25, 0.3) is 0 Å². The molecule has 72 valence electrons. The second kappa shape index (κ2) is 2.80. The van der Waals surface area contributed by atoms with Crippen molar-refractivity contribution in [2.24, 2.45) is 0 Å². The molecule has 2 heterocycles. The molecule has 0 saturated carbocycles. The normalized spacial score (nSPS) is 18.7. The van der Waals surface area contributed by atoms with Gasteiger partial charge in [-0.05, 0) is 0 Å². The van der Waals surface area contributed by atoms with Gasteiger partial charge in [0.05, 0.1) is 5.92 Å². The van der Waals surface area contributed by atoms with Crippen molar-refractivity contribution in [1.29, 1.82) is 0 Å². The second-order valence-electron chi connectivity index (χ2n) is 4.56. The second-order valence-corrected chi connectivity index (χ2v) is 4.56. The largest absolute Gasteiger partial charge is 0.339 e. The minimum absolute atomic E-state index is 0.0150. The van der Waals surface area contributed by atoms with Crippen LogP contribution in [-0.4, -0.2) is 23.2 Å². The Labute approximate surface area is 77.7 Å². The molecule has 1 aliphatic rings.